The molecule has 3 aromatic carbocycles. The number of amides is 2. The van der Waals surface area contributed by atoms with Crippen molar-refractivity contribution < 1.29 is 23.5 Å². The summed E-state index contributed by atoms with van der Waals surface area (Å²) >= 11 is 0.856. The van der Waals surface area contributed by atoms with Gasteiger partial charge in [-0.3, -0.25) is 14.5 Å². The van der Waals surface area contributed by atoms with E-state index in [1.165, 1.54) is 12.1 Å². The molecule has 1 fully saturated rings. The van der Waals surface area contributed by atoms with Gasteiger partial charge in [0.25, 0.3) is 11.1 Å². The third-order valence-corrected chi connectivity index (χ3v) is 6.12. The van der Waals surface area contributed by atoms with Gasteiger partial charge >= 0.3 is 0 Å². The fourth-order valence-corrected chi connectivity index (χ4v) is 4.31. The molecule has 8 heteroatoms. The summed E-state index contributed by atoms with van der Waals surface area (Å²) in [5.74, 6) is 0.202. The number of carbonyl (C=O) groups is 2. The molecule has 1 saturated heterocycles. The number of ether oxygens (including phenoxy) is 2. The van der Waals surface area contributed by atoms with Crippen molar-refractivity contribution in [3.63, 3.8) is 0 Å². The van der Waals surface area contributed by atoms with Crippen molar-refractivity contribution in [1.29, 1.82) is 5.26 Å². The molecule has 0 bridgehead atoms. The molecule has 6 nitrogen and oxygen atoms in total. The van der Waals surface area contributed by atoms with Gasteiger partial charge in [-0.25, -0.2) is 4.39 Å². The summed E-state index contributed by atoms with van der Waals surface area (Å²) in [6, 6.07) is 20.3. The molecule has 0 saturated carbocycles. The number of imide groups is 1. The van der Waals surface area contributed by atoms with E-state index in [2.05, 4.69) is 6.07 Å². The predicted molar refractivity (Wildman–Crippen MR) is 131 cm³/mol. The van der Waals surface area contributed by atoms with Gasteiger partial charge in [0.05, 0.1) is 29.7 Å². The second-order valence-corrected chi connectivity index (χ2v) is 8.58. The fourth-order valence-electron chi connectivity index (χ4n) is 3.47. The van der Waals surface area contributed by atoms with E-state index in [1.54, 1.807) is 48.5 Å². The molecule has 1 aliphatic rings. The van der Waals surface area contributed by atoms with Gasteiger partial charge in [-0.15, -0.1) is 0 Å². The number of rotatable bonds is 8. The number of hydrogen-bond donors (Lipinski definition) is 0. The van der Waals surface area contributed by atoms with Crippen LogP contribution in [0.3, 0.4) is 0 Å². The number of nitriles is 1. The van der Waals surface area contributed by atoms with E-state index in [1.807, 2.05) is 19.1 Å². The van der Waals surface area contributed by atoms with E-state index in [0.717, 1.165) is 22.2 Å². The molecule has 4 rings (SSSR count). The number of carbonyl (C=O) groups excluding carboxylic acids is 2. The molecule has 0 atom stereocenters. The summed E-state index contributed by atoms with van der Waals surface area (Å²) in [4.78, 5) is 26.7. The third kappa shape index (κ3) is 5.70. The number of benzene rings is 3. The molecule has 1 heterocycles. The number of hydrogen-bond acceptors (Lipinski definition) is 6. The average Bonchev–Trinajstić information content (AvgIpc) is 3.12. The first-order valence-electron chi connectivity index (χ1n) is 10.9. The lowest BCUT2D eigenvalue weighted by Gasteiger charge is -2.13. The molecule has 1 aliphatic heterocycles. The maximum Gasteiger partial charge on any atom is 0.293 e. The molecule has 0 N–H and O–H groups in total. The Morgan fingerprint density at radius 2 is 1.80 bits per heavy atom. The summed E-state index contributed by atoms with van der Waals surface area (Å²) in [6.07, 6.45) is 1.63. The summed E-state index contributed by atoms with van der Waals surface area (Å²) in [5.41, 5.74) is 2.63. The molecule has 35 heavy (non-hydrogen) atoms. The highest BCUT2D eigenvalue weighted by molar-refractivity contribution is 8.18. The molecule has 2 amide bonds. The van der Waals surface area contributed by atoms with Crippen LogP contribution < -0.4 is 9.47 Å². The largest absolute Gasteiger partial charge is 0.490 e. The highest BCUT2D eigenvalue weighted by Crippen LogP contribution is 2.35. The molecule has 0 radical (unpaired) electrons. The summed E-state index contributed by atoms with van der Waals surface area (Å²) in [7, 11) is 0. The lowest BCUT2D eigenvalue weighted by atomic mass is 10.1. The van der Waals surface area contributed by atoms with Gasteiger partial charge < -0.3 is 9.47 Å². The second kappa shape index (κ2) is 10.9. The van der Waals surface area contributed by atoms with Crippen molar-refractivity contribution in [3.8, 4) is 17.6 Å². The Hall–Kier alpha value is -4.09. The Labute approximate surface area is 206 Å². The Bertz CT molecular complexity index is 1330. The molecule has 176 valence electrons. The molecular weight excluding hydrogens is 467 g/mol. The summed E-state index contributed by atoms with van der Waals surface area (Å²) in [6.45, 7) is 2.53. The first-order chi connectivity index (χ1) is 17.0. The van der Waals surface area contributed by atoms with Crippen LogP contribution in [0.1, 0.15) is 29.2 Å². The Kier molecular flexibility index (Phi) is 7.48. The highest BCUT2D eigenvalue weighted by Gasteiger charge is 2.35. The zero-order valence-electron chi connectivity index (χ0n) is 18.9. The monoisotopic (exact) mass is 488 g/mol. The Morgan fingerprint density at radius 3 is 2.54 bits per heavy atom. The van der Waals surface area contributed by atoms with Gasteiger partial charge in [-0.1, -0.05) is 36.4 Å². The van der Waals surface area contributed by atoms with Crippen LogP contribution in [-0.2, 0) is 17.9 Å². The van der Waals surface area contributed by atoms with Gasteiger partial charge in [-0.2, -0.15) is 5.26 Å². The predicted octanol–water partition coefficient (Wildman–Crippen LogP) is 5.91. The molecule has 0 aromatic heterocycles. The lowest BCUT2D eigenvalue weighted by Crippen LogP contribution is -2.27. The van der Waals surface area contributed by atoms with Crippen molar-refractivity contribution in [3.05, 3.63) is 99.7 Å². The van der Waals surface area contributed by atoms with E-state index in [0.29, 0.717) is 34.8 Å². The van der Waals surface area contributed by atoms with Crippen molar-refractivity contribution in [2.24, 2.45) is 0 Å². The lowest BCUT2D eigenvalue weighted by molar-refractivity contribution is -0.123. The normalized spacial score (nSPS) is 14.3. The number of halogens is 1. The average molecular weight is 489 g/mol. The van der Waals surface area contributed by atoms with Crippen LogP contribution >= 0.6 is 11.8 Å². The van der Waals surface area contributed by atoms with Gasteiger partial charge in [0.2, 0.25) is 0 Å². The van der Waals surface area contributed by atoms with Crippen LogP contribution in [0.2, 0.25) is 0 Å². The van der Waals surface area contributed by atoms with Crippen molar-refractivity contribution in [2.75, 3.05) is 6.61 Å². The van der Waals surface area contributed by atoms with E-state index < -0.39 is 5.91 Å². The maximum absolute atomic E-state index is 13.2. The molecule has 3 aromatic rings. The van der Waals surface area contributed by atoms with Crippen molar-refractivity contribution in [2.45, 2.75) is 20.1 Å². The quantitative estimate of drug-likeness (QED) is 0.367. The van der Waals surface area contributed by atoms with Gasteiger partial charge in [0.15, 0.2) is 11.5 Å². The highest BCUT2D eigenvalue weighted by atomic mass is 32.2. The topological polar surface area (TPSA) is 79.6 Å². The zero-order chi connectivity index (χ0) is 24.8. The molecular formula is C27H21FN2O4S. The molecule has 0 aliphatic carbocycles. The van der Waals surface area contributed by atoms with E-state index in [9.17, 15) is 19.2 Å². The minimum atomic E-state index is -0.407. The van der Waals surface area contributed by atoms with Gasteiger partial charge in [0.1, 0.15) is 12.4 Å². The van der Waals surface area contributed by atoms with Gasteiger partial charge in [-0.05, 0) is 66.2 Å². The van der Waals surface area contributed by atoms with Crippen LogP contribution in [0.15, 0.2) is 71.6 Å². The Morgan fingerprint density at radius 1 is 1.03 bits per heavy atom. The standard InChI is InChI=1S/C27H21FN2O4S/c1-2-33-24-13-19(9-12-23(24)34-17-21-6-4-3-5-20(21)15-29)14-25-26(31)30(27(32)35-25)16-18-7-10-22(28)11-8-18/h3-14H,2,16-17H2,1H3/b25-14-. The van der Waals surface area contributed by atoms with E-state index >= 15 is 0 Å². The van der Waals surface area contributed by atoms with E-state index in [4.69, 9.17) is 9.47 Å². The van der Waals surface area contributed by atoms with E-state index in [-0.39, 0.29) is 29.1 Å². The van der Waals surface area contributed by atoms with Crippen LogP contribution in [0.4, 0.5) is 9.18 Å². The van der Waals surface area contributed by atoms with Crippen molar-refractivity contribution >= 4 is 29.0 Å². The first kappa shape index (κ1) is 24.0. The summed E-state index contributed by atoms with van der Waals surface area (Å²) in [5, 5.41) is 8.89. The first-order valence-corrected chi connectivity index (χ1v) is 11.7. The minimum absolute atomic E-state index is 0.0728. The van der Waals surface area contributed by atoms with Crippen LogP contribution in [0.25, 0.3) is 6.08 Å². The van der Waals surface area contributed by atoms with Gasteiger partial charge in [0, 0.05) is 5.56 Å². The van der Waals surface area contributed by atoms with Crippen molar-refractivity contribution in [1.82, 2.24) is 4.90 Å². The third-order valence-electron chi connectivity index (χ3n) is 5.21. The zero-order valence-corrected chi connectivity index (χ0v) is 19.7. The number of thioether (sulfide) groups is 1. The van der Waals surface area contributed by atoms with Crippen LogP contribution in [-0.4, -0.2) is 22.7 Å². The Balaban J connectivity index is 1.51. The SMILES string of the molecule is CCOc1cc(/C=C2\SC(=O)N(Cc3ccc(F)cc3)C2=O)ccc1OCc1ccccc1C#N. The molecule has 0 spiro atoms. The summed E-state index contributed by atoms with van der Waals surface area (Å²) < 4.78 is 24.8. The van der Waals surface area contributed by atoms with Crippen LogP contribution in [0.5, 0.6) is 11.5 Å². The maximum atomic E-state index is 13.2. The fraction of sp³-hybridized carbons (Fsp3) is 0.148. The number of nitrogens with zero attached hydrogens (tertiary/aromatic N) is 2. The molecule has 0 unspecified atom stereocenters. The minimum Gasteiger partial charge on any atom is -0.490 e. The second-order valence-electron chi connectivity index (χ2n) is 7.59. The van der Waals surface area contributed by atoms with Crippen LogP contribution in [0, 0.1) is 17.1 Å². The smallest absolute Gasteiger partial charge is 0.293 e.